The molecule has 576 valence electrons. The Morgan fingerprint density at radius 1 is 0.169 bits per heavy atom. The van der Waals surface area contributed by atoms with E-state index in [1.807, 2.05) is 72.8 Å². The Bertz CT molecular complexity index is 8870. The average molecular weight is 1580 g/mol. The lowest BCUT2D eigenvalue weighted by Crippen LogP contribution is -2.01. The number of para-hydroxylation sites is 2. The minimum atomic E-state index is 0.579. The number of benzene rings is 20. The van der Waals surface area contributed by atoms with Gasteiger partial charge in [0.2, 0.25) is 0 Å². The molecule has 26 rings (SSSR count). The van der Waals surface area contributed by atoms with Crippen LogP contribution in [0.3, 0.4) is 0 Å². The molecule has 0 aliphatic rings. The highest BCUT2D eigenvalue weighted by atomic mass is 16.3. The summed E-state index contributed by atoms with van der Waals surface area (Å²) in [6.07, 6.45) is 0. The predicted molar refractivity (Wildman–Crippen MR) is 511 cm³/mol. The molecular weight excluding hydrogens is 1510 g/mol. The van der Waals surface area contributed by atoms with Crippen LogP contribution in [-0.2, 0) is 0 Å². The number of fused-ring (bicyclic) bond motifs is 19. The lowest BCUT2D eigenvalue weighted by molar-refractivity contribution is 0.666. The van der Waals surface area contributed by atoms with Crippen LogP contribution in [0.25, 0.3) is 254 Å². The number of rotatable bonds is 10. The molecule has 0 atom stereocenters. The summed E-state index contributed by atoms with van der Waals surface area (Å²) in [5, 5.41) is 22.8. The van der Waals surface area contributed by atoms with Gasteiger partial charge in [-0.25, -0.2) is 29.9 Å². The summed E-state index contributed by atoms with van der Waals surface area (Å²) in [5.41, 5.74) is 19.6. The topological polar surface area (TPSA) is 113 Å². The second kappa shape index (κ2) is 28.5. The van der Waals surface area contributed by atoms with Crippen LogP contribution in [-0.4, -0.2) is 39.0 Å². The van der Waals surface area contributed by atoms with E-state index in [4.69, 9.17) is 38.7 Å². The molecule has 0 aliphatic heterocycles. The molecule has 6 aromatic heterocycles. The number of hydrogen-bond donors (Lipinski definition) is 0. The fourth-order valence-corrected chi connectivity index (χ4v) is 19.0. The fraction of sp³-hybridized carbons (Fsp3) is 0. The zero-order valence-electron chi connectivity index (χ0n) is 66.7. The van der Waals surface area contributed by atoms with E-state index in [1.54, 1.807) is 0 Å². The highest BCUT2D eigenvalue weighted by Crippen LogP contribution is 2.49. The second-order valence-corrected chi connectivity index (χ2v) is 31.9. The van der Waals surface area contributed by atoms with E-state index < -0.39 is 0 Å². The lowest BCUT2D eigenvalue weighted by Gasteiger charge is -2.14. The van der Waals surface area contributed by atoms with Crippen molar-refractivity contribution in [1.82, 2.24) is 39.0 Å². The van der Waals surface area contributed by atoms with Crippen LogP contribution in [0, 0.1) is 0 Å². The van der Waals surface area contributed by atoms with Crippen LogP contribution in [0.5, 0.6) is 0 Å². The van der Waals surface area contributed by atoms with Gasteiger partial charge in [0.25, 0.3) is 0 Å². The van der Waals surface area contributed by atoms with Gasteiger partial charge in [-0.15, -0.1) is 0 Å². The smallest absolute Gasteiger partial charge is 0.164 e. The highest BCUT2D eigenvalue weighted by molar-refractivity contribution is 6.27. The monoisotopic (exact) mass is 1580 g/mol. The largest absolute Gasteiger partial charge is 0.454 e. The third-order valence-electron chi connectivity index (χ3n) is 24.8. The van der Waals surface area contributed by atoms with E-state index >= 15 is 0 Å². The van der Waals surface area contributed by atoms with Crippen molar-refractivity contribution in [3.63, 3.8) is 0 Å². The Morgan fingerprint density at radius 3 is 1.18 bits per heavy atom. The summed E-state index contributed by atoms with van der Waals surface area (Å²) in [6, 6.07) is 146. The summed E-state index contributed by atoms with van der Waals surface area (Å²) in [7, 11) is 0. The van der Waals surface area contributed by atoms with E-state index in [-0.39, 0.29) is 0 Å². The minimum absolute atomic E-state index is 0.579. The third kappa shape index (κ3) is 11.6. The molecule has 0 radical (unpaired) electrons. The normalized spacial score (nSPS) is 11.9. The molecule has 0 fully saturated rings. The standard InChI is InChI=1S/2C57H34N4O/c1-3-16-36(17-4-1)46-34-50-52(42-26-12-11-25-41(42)46)47-32-38-21-7-8-22-39(38)33-49(47)61(50)48-31-30-45(53-44-27-13-14-29-51(44)62-54(48)53)57-59-55(37-19-5-2-6-20-37)58-56(60-57)43-28-15-23-35-18-9-10-24-40(35)43;1-3-13-35(14-4-1)41-25-27-49-47(32-41)48-33-43-30-39-19-9-10-20-40(39)31-44(43)34-51(48)61(49)50-28-26-46(53-45-21-11-12-22-52(45)62-54(50)53)57-59-55(37-16-5-2-6-17-37)58-56(60-57)42-24-23-36-15-7-8-18-38(36)29-42/h2*1-34H. The minimum Gasteiger partial charge on any atom is -0.454 e. The molecule has 26 aromatic rings. The maximum absolute atomic E-state index is 7.05. The molecule has 0 spiro atoms. The SMILES string of the molecule is c1ccc(-c2ccc3c(c2)c2cc4cc5ccccc5cc4cc2n3-c2ccc(-c3nc(-c4ccccc4)nc(-c4ccc5ccccc5c4)n3)c3c2oc2ccccc23)cc1.c1ccc(-c2nc(-c3cccc4ccccc34)nc(-c3ccc(-n4c5cc6ccccc6cc5c5c6ccccc6c(-c6ccccc6)cc54)c4oc5ccccc5c34)n2)cc1. The number of hydrogen-bond acceptors (Lipinski definition) is 8. The molecule has 6 heterocycles. The predicted octanol–water partition coefficient (Wildman–Crippen LogP) is 30.0. The first-order chi connectivity index (χ1) is 61.4. The van der Waals surface area contributed by atoms with Gasteiger partial charge in [0.05, 0.1) is 33.4 Å². The Balaban J connectivity index is 0.000000136. The van der Waals surface area contributed by atoms with Gasteiger partial charge >= 0.3 is 0 Å². The first-order valence-corrected chi connectivity index (χ1v) is 41.9. The Hall–Kier alpha value is -16.8. The van der Waals surface area contributed by atoms with Gasteiger partial charge in [-0.3, -0.25) is 0 Å². The van der Waals surface area contributed by atoms with Crippen molar-refractivity contribution in [2.45, 2.75) is 0 Å². The molecule has 0 aliphatic carbocycles. The molecule has 0 unspecified atom stereocenters. The number of nitrogens with zero attached hydrogens (tertiary/aromatic N) is 8. The first-order valence-electron chi connectivity index (χ1n) is 41.9. The van der Waals surface area contributed by atoms with Gasteiger partial charge in [-0.05, 0) is 184 Å². The fourth-order valence-electron chi connectivity index (χ4n) is 19.0. The number of furan rings is 2. The van der Waals surface area contributed by atoms with E-state index in [2.05, 4.69) is 349 Å². The van der Waals surface area contributed by atoms with Gasteiger partial charge in [0.15, 0.2) is 46.1 Å². The second-order valence-electron chi connectivity index (χ2n) is 31.9. The van der Waals surface area contributed by atoms with Gasteiger partial charge in [0, 0.05) is 76.5 Å². The Kier molecular flexibility index (Phi) is 16.1. The van der Waals surface area contributed by atoms with Crippen molar-refractivity contribution in [2.24, 2.45) is 0 Å². The molecule has 20 aromatic carbocycles. The van der Waals surface area contributed by atoms with Crippen LogP contribution in [0.2, 0.25) is 0 Å². The van der Waals surface area contributed by atoms with Crippen LogP contribution >= 0.6 is 0 Å². The van der Waals surface area contributed by atoms with E-state index in [9.17, 15) is 0 Å². The molecule has 0 bridgehead atoms. The maximum Gasteiger partial charge on any atom is 0.164 e. The van der Waals surface area contributed by atoms with Crippen molar-refractivity contribution >= 4 is 152 Å². The van der Waals surface area contributed by atoms with Gasteiger partial charge in [-0.2, -0.15) is 0 Å². The van der Waals surface area contributed by atoms with Crippen molar-refractivity contribution in [3.05, 3.63) is 413 Å². The van der Waals surface area contributed by atoms with Gasteiger partial charge in [-0.1, -0.05) is 315 Å². The van der Waals surface area contributed by atoms with Crippen LogP contribution in [0.1, 0.15) is 0 Å². The van der Waals surface area contributed by atoms with Crippen LogP contribution in [0.15, 0.2) is 421 Å². The summed E-state index contributed by atoms with van der Waals surface area (Å²) in [4.78, 5) is 31.3. The zero-order chi connectivity index (χ0) is 81.5. The molecular formula is C114H68N8O2. The average Bonchev–Trinajstić information content (AvgIpc) is 1.54. The molecule has 0 N–H and O–H groups in total. The maximum atomic E-state index is 7.05. The van der Waals surface area contributed by atoms with Gasteiger partial charge < -0.3 is 18.0 Å². The van der Waals surface area contributed by atoms with E-state index in [0.717, 1.165) is 127 Å². The van der Waals surface area contributed by atoms with E-state index in [0.29, 0.717) is 34.9 Å². The lowest BCUT2D eigenvalue weighted by atomic mass is 9.94. The summed E-state index contributed by atoms with van der Waals surface area (Å²) in [5.74, 6) is 3.61. The van der Waals surface area contributed by atoms with Crippen LogP contribution in [0.4, 0.5) is 0 Å². The van der Waals surface area contributed by atoms with Crippen molar-refractivity contribution in [3.8, 4) is 102 Å². The Morgan fingerprint density at radius 2 is 0.573 bits per heavy atom. The molecule has 10 heteroatoms. The van der Waals surface area contributed by atoms with Gasteiger partial charge in [0.1, 0.15) is 11.2 Å². The van der Waals surface area contributed by atoms with Crippen molar-refractivity contribution < 1.29 is 8.83 Å². The Labute approximate surface area is 709 Å². The quantitative estimate of drug-likeness (QED) is 0.124. The summed E-state index contributed by atoms with van der Waals surface area (Å²) >= 11 is 0. The summed E-state index contributed by atoms with van der Waals surface area (Å²) < 4.78 is 18.8. The van der Waals surface area contributed by atoms with Crippen molar-refractivity contribution in [1.29, 1.82) is 0 Å². The molecule has 0 saturated carbocycles. The zero-order valence-corrected chi connectivity index (χ0v) is 66.7. The molecule has 124 heavy (non-hydrogen) atoms. The van der Waals surface area contributed by atoms with Crippen LogP contribution < -0.4 is 0 Å². The van der Waals surface area contributed by atoms with E-state index in [1.165, 1.54) is 92.3 Å². The van der Waals surface area contributed by atoms with Crippen molar-refractivity contribution in [2.75, 3.05) is 0 Å². The molecule has 0 saturated heterocycles. The first kappa shape index (κ1) is 70.2. The number of aromatic nitrogens is 8. The third-order valence-corrected chi connectivity index (χ3v) is 24.8. The molecule has 10 nitrogen and oxygen atoms in total. The highest BCUT2D eigenvalue weighted by Gasteiger charge is 2.28. The molecule has 0 amide bonds. The summed E-state index contributed by atoms with van der Waals surface area (Å²) in [6.45, 7) is 0.